The molecule has 5 nitrogen and oxygen atoms in total. The van der Waals surface area contributed by atoms with E-state index < -0.39 is 11.7 Å². The number of aryl methyl sites for hydroxylation is 1. The van der Waals surface area contributed by atoms with Gasteiger partial charge in [0.15, 0.2) is 0 Å². The lowest BCUT2D eigenvalue weighted by Gasteiger charge is -2.17. The van der Waals surface area contributed by atoms with Gasteiger partial charge in [-0.3, -0.25) is 9.59 Å². The third-order valence-electron chi connectivity index (χ3n) is 5.65. The van der Waals surface area contributed by atoms with Gasteiger partial charge in [-0.25, -0.2) is 0 Å². The minimum absolute atomic E-state index is 0.131. The highest BCUT2D eigenvalue weighted by molar-refractivity contribution is 6.10. The molecule has 0 N–H and O–H groups in total. The van der Waals surface area contributed by atoms with Crippen LogP contribution in [-0.4, -0.2) is 19.0 Å². The zero-order chi connectivity index (χ0) is 24.5. The summed E-state index contributed by atoms with van der Waals surface area (Å²) >= 11 is 0. The Morgan fingerprint density at radius 3 is 2.47 bits per heavy atom. The molecule has 3 aromatic carbocycles. The molecule has 0 aliphatic carbocycles. The Morgan fingerprint density at radius 2 is 1.79 bits per heavy atom. The molecule has 0 saturated carbocycles. The number of carbonyl (C=O) groups excluding carboxylic acids is 2. The minimum atomic E-state index is -4.44. The fourth-order valence-corrected chi connectivity index (χ4v) is 3.98. The molecule has 1 heterocycles. The quantitative estimate of drug-likeness (QED) is 0.450. The normalized spacial score (nSPS) is 13.1. The predicted octanol–water partition coefficient (Wildman–Crippen LogP) is 5.47. The predicted molar refractivity (Wildman–Crippen MR) is 120 cm³/mol. The van der Waals surface area contributed by atoms with Crippen molar-refractivity contribution in [3.05, 3.63) is 94.0 Å². The van der Waals surface area contributed by atoms with Crippen LogP contribution in [0.3, 0.4) is 0 Å². The molecular weight excluding hydrogens is 447 g/mol. The summed E-state index contributed by atoms with van der Waals surface area (Å²) in [6, 6.07) is 15.4. The fraction of sp³-hybridized carbons (Fsp3) is 0.231. The number of anilines is 1. The number of carbonyl (C=O) groups is 2. The van der Waals surface area contributed by atoms with Gasteiger partial charge in [0.1, 0.15) is 12.4 Å². The molecular formula is C26H22F3NO4. The lowest BCUT2D eigenvalue weighted by Crippen LogP contribution is -2.23. The number of methoxy groups -OCH3 is 1. The average molecular weight is 469 g/mol. The number of halogens is 3. The van der Waals surface area contributed by atoms with Crippen LogP contribution in [0.25, 0.3) is 0 Å². The summed E-state index contributed by atoms with van der Waals surface area (Å²) in [6.07, 6.45) is -4.31. The van der Waals surface area contributed by atoms with Crippen molar-refractivity contribution in [2.45, 2.75) is 32.7 Å². The second kappa shape index (κ2) is 9.21. The molecule has 1 aliphatic heterocycles. The summed E-state index contributed by atoms with van der Waals surface area (Å²) < 4.78 is 49.3. The molecule has 176 valence electrons. The molecule has 3 aromatic rings. The Morgan fingerprint density at radius 1 is 1.06 bits per heavy atom. The molecule has 0 bridgehead atoms. The highest BCUT2D eigenvalue weighted by Crippen LogP contribution is 2.34. The first kappa shape index (κ1) is 23.4. The first-order valence-electron chi connectivity index (χ1n) is 10.6. The Hall–Kier alpha value is -3.81. The van der Waals surface area contributed by atoms with Gasteiger partial charge in [-0.05, 0) is 71.6 Å². The van der Waals surface area contributed by atoms with Gasteiger partial charge in [0, 0.05) is 11.3 Å². The number of fused-ring (bicyclic) bond motifs is 1. The Bertz CT molecular complexity index is 1240. The number of alkyl halides is 3. The highest BCUT2D eigenvalue weighted by Gasteiger charge is 2.33. The van der Waals surface area contributed by atoms with Gasteiger partial charge in [0.05, 0.1) is 25.6 Å². The summed E-state index contributed by atoms with van der Waals surface area (Å²) in [7, 11) is 1.33. The van der Waals surface area contributed by atoms with Gasteiger partial charge in [-0.15, -0.1) is 0 Å². The average Bonchev–Trinajstić information content (AvgIpc) is 3.14. The van der Waals surface area contributed by atoms with Crippen molar-refractivity contribution in [3.8, 4) is 5.75 Å². The first-order chi connectivity index (χ1) is 16.2. The Kier molecular flexibility index (Phi) is 6.32. The van der Waals surface area contributed by atoms with Crippen LogP contribution in [0.15, 0.2) is 60.7 Å². The molecule has 0 radical (unpaired) electrons. The van der Waals surface area contributed by atoms with Gasteiger partial charge in [-0.2, -0.15) is 13.2 Å². The summed E-state index contributed by atoms with van der Waals surface area (Å²) in [5.74, 6) is -0.0350. The Labute approximate surface area is 194 Å². The lowest BCUT2D eigenvalue weighted by molar-refractivity contribution is -0.140. The maximum absolute atomic E-state index is 12.9. The van der Waals surface area contributed by atoms with E-state index in [4.69, 9.17) is 9.47 Å². The van der Waals surface area contributed by atoms with E-state index in [0.717, 1.165) is 34.4 Å². The topological polar surface area (TPSA) is 55.8 Å². The van der Waals surface area contributed by atoms with E-state index in [1.165, 1.54) is 24.1 Å². The van der Waals surface area contributed by atoms with Gasteiger partial charge in [0.25, 0.3) is 5.91 Å². The van der Waals surface area contributed by atoms with Crippen molar-refractivity contribution in [1.29, 1.82) is 0 Å². The molecule has 0 unspecified atom stereocenters. The van der Waals surface area contributed by atoms with Gasteiger partial charge < -0.3 is 14.4 Å². The van der Waals surface area contributed by atoms with Crippen LogP contribution in [0.4, 0.5) is 18.9 Å². The van der Waals surface area contributed by atoms with E-state index in [1.807, 2.05) is 25.1 Å². The smallest absolute Gasteiger partial charge is 0.416 e. The van der Waals surface area contributed by atoms with Crippen LogP contribution in [0.1, 0.15) is 38.2 Å². The lowest BCUT2D eigenvalue weighted by atomic mass is 10.0. The van der Waals surface area contributed by atoms with Crippen molar-refractivity contribution in [3.63, 3.8) is 0 Å². The minimum Gasteiger partial charge on any atom is -0.489 e. The zero-order valence-corrected chi connectivity index (χ0v) is 18.6. The van der Waals surface area contributed by atoms with Crippen molar-refractivity contribution >= 4 is 17.6 Å². The third-order valence-corrected chi connectivity index (χ3v) is 5.65. The summed E-state index contributed by atoms with van der Waals surface area (Å²) in [6.45, 7) is 2.33. The van der Waals surface area contributed by atoms with Gasteiger partial charge >= 0.3 is 12.1 Å². The van der Waals surface area contributed by atoms with E-state index in [-0.39, 0.29) is 31.4 Å². The number of ether oxygens (including phenoxy) is 2. The molecule has 4 rings (SSSR count). The van der Waals surface area contributed by atoms with Crippen LogP contribution >= 0.6 is 0 Å². The van der Waals surface area contributed by atoms with E-state index in [2.05, 4.69) is 0 Å². The van der Waals surface area contributed by atoms with E-state index in [0.29, 0.717) is 17.0 Å². The summed E-state index contributed by atoms with van der Waals surface area (Å²) in [4.78, 5) is 26.0. The molecule has 1 aliphatic rings. The van der Waals surface area contributed by atoms with Crippen molar-refractivity contribution in [2.75, 3.05) is 12.0 Å². The van der Waals surface area contributed by atoms with Gasteiger partial charge in [-0.1, -0.05) is 18.2 Å². The number of rotatable bonds is 6. The van der Waals surface area contributed by atoms with Gasteiger partial charge in [0.2, 0.25) is 0 Å². The highest BCUT2D eigenvalue weighted by atomic mass is 19.4. The third kappa shape index (κ3) is 4.90. The van der Waals surface area contributed by atoms with E-state index in [1.54, 1.807) is 18.2 Å². The van der Waals surface area contributed by atoms with Crippen LogP contribution in [0.2, 0.25) is 0 Å². The molecule has 0 aromatic heterocycles. The standard InChI is InChI=1S/C26H22F3NO4/c1-16-10-17(13-24(31)33-2)12-21(11-16)34-15-18-4-3-5-22-23(18)14-30(25(22)32)20-8-6-19(7-9-20)26(27,28)29/h3-12H,13-15H2,1-2H3. The number of esters is 1. The maximum atomic E-state index is 12.9. The molecule has 0 atom stereocenters. The summed E-state index contributed by atoms with van der Waals surface area (Å²) in [5, 5.41) is 0. The zero-order valence-electron chi connectivity index (χ0n) is 18.6. The molecule has 1 amide bonds. The number of hydrogen-bond acceptors (Lipinski definition) is 4. The second-order valence-electron chi connectivity index (χ2n) is 8.08. The van der Waals surface area contributed by atoms with Crippen LogP contribution in [0.5, 0.6) is 5.75 Å². The number of amides is 1. The van der Waals surface area contributed by atoms with Crippen LogP contribution in [0, 0.1) is 6.92 Å². The van der Waals surface area contributed by atoms with Crippen molar-refractivity contribution in [2.24, 2.45) is 0 Å². The molecule has 8 heteroatoms. The van der Waals surface area contributed by atoms with E-state index >= 15 is 0 Å². The number of nitrogens with zero attached hydrogens (tertiary/aromatic N) is 1. The van der Waals surface area contributed by atoms with Crippen molar-refractivity contribution in [1.82, 2.24) is 0 Å². The largest absolute Gasteiger partial charge is 0.489 e. The molecule has 0 saturated heterocycles. The van der Waals surface area contributed by atoms with Crippen LogP contribution in [-0.2, 0) is 35.3 Å². The molecule has 0 spiro atoms. The maximum Gasteiger partial charge on any atom is 0.416 e. The molecule has 0 fully saturated rings. The molecule has 34 heavy (non-hydrogen) atoms. The monoisotopic (exact) mass is 469 g/mol. The van der Waals surface area contributed by atoms with Crippen LogP contribution < -0.4 is 9.64 Å². The summed E-state index contributed by atoms with van der Waals surface area (Å²) in [5.41, 5.74) is 3.40. The number of benzene rings is 3. The van der Waals surface area contributed by atoms with E-state index in [9.17, 15) is 22.8 Å². The Balaban J connectivity index is 1.52. The van der Waals surface area contributed by atoms with Crippen molar-refractivity contribution < 1.29 is 32.2 Å². The number of hydrogen-bond donors (Lipinski definition) is 0. The fourth-order valence-electron chi connectivity index (χ4n) is 3.98. The first-order valence-corrected chi connectivity index (χ1v) is 10.6. The SMILES string of the molecule is COC(=O)Cc1cc(C)cc(OCc2cccc3c2CN(c2ccc(C(F)(F)F)cc2)C3=O)c1. The second-order valence-corrected chi connectivity index (χ2v) is 8.08.